The standard InChI is InChI=1S/C14H21NO3/c1-3-12(4-2)15-8-9-18-13-7-5-6-11(10-13)14(16)17/h5-7,10,12,15H,3-4,8-9H2,1-2H3,(H,16,17). The van der Waals surface area contributed by atoms with Crippen LogP contribution in [0.5, 0.6) is 5.75 Å². The van der Waals surface area contributed by atoms with Crippen LogP contribution in [0.15, 0.2) is 24.3 Å². The Bertz CT molecular complexity index is 375. The first-order valence-corrected chi connectivity index (χ1v) is 6.36. The van der Waals surface area contributed by atoms with Crippen LogP contribution in [0, 0.1) is 0 Å². The van der Waals surface area contributed by atoms with Crippen molar-refractivity contribution in [2.24, 2.45) is 0 Å². The lowest BCUT2D eigenvalue weighted by atomic mass is 10.2. The number of carbonyl (C=O) groups is 1. The number of benzene rings is 1. The van der Waals surface area contributed by atoms with Crippen molar-refractivity contribution in [3.63, 3.8) is 0 Å². The highest BCUT2D eigenvalue weighted by Gasteiger charge is 2.04. The molecule has 0 saturated heterocycles. The van der Waals surface area contributed by atoms with E-state index in [1.54, 1.807) is 24.3 Å². The molecular formula is C14H21NO3. The molecule has 4 nitrogen and oxygen atoms in total. The average Bonchev–Trinajstić information content (AvgIpc) is 2.39. The molecule has 1 aromatic carbocycles. The maximum Gasteiger partial charge on any atom is 0.335 e. The molecular weight excluding hydrogens is 230 g/mol. The lowest BCUT2D eigenvalue weighted by Crippen LogP contribution is -2.31. The van der Waals surface area contributed by atoms with Crippen LogP contribution in [-0.4, -0.2) is 30.3 Å². The van der Waals surface area contributed by atoms with Crippen LogP contribution in [0.2, 0.25) is 0 Å². The number of hydrogen-bond acceptors (Lipinski definition) is 3. The quantitative estimate of drug-likeness (QED) is 0.697. The van der Waals surface area contributed by atoms with E-state index in [0.717, 1.165) is 19.4 Å². The zero-order chi connectivity index (χ0) is 13.4. The van der Waals surface area contributed by atoms with Gasteiger partial charge in [0.15, 0.2) is 0 Å². The molecule has 0 atom stereocenters. The third-order valence-corrected chi connectivity index (χ3v) is 2.87. The molecule has 18 heavy (non-hydrogen) atoms. The van der Waals surface area contributed by atoms with E-state index in [9.17, 15) is 4.79 Å². The van der Waals surface area contributed by atoms with Gasteiger partial charge in [0.1, 0.15) is 12.4 Å². The highest BCUT2D eigenvalue weighted by atomic mass is 16.5. The van der Waals surface area contributed by atoms with Gasteiger partial charge in [-0.25, -0.2) is 4.79 Å². The minimum absolute atomic E-state index is 0.250. The molecule has 0 aliphatic heterocycles. The van der Waals surface area contributed by atoms with Crippen LogP contribution < -0.4 is 10.1 Å². The van der Waals surface area contributed by atoms with Crippen LogP contribution in [0.4, 0.5) is 0 Å². The van der Waals surface area contributed by atoms with Crippen LogP contribution in [0.3, 0.4) is 0 Å². The molecule has 0 aromatic heterocycles. The number of hydrogen-bond donors (Lipinski definition) is 2. The van der Waals surface area contributed by atoms with E-state index in [1.165, 1.54) is 0 Å². The summed E-state index contributed by atoms with van der Waals surface area (Å²) in [6.07, 6.45) is 2.20. The molecule has 0 bridgehead atoms. The summed E-state index contributed by atoms with van der Waals surface area (Å²) in [5.41, 5.74) is 0.250. The predicted octanol–water partition coefficient (Wildman–Crippen LogP) is 2.54. The Kier molecular flexibility index (Phi) is 6.22. The molecule has 0 unspecified atom stereocenters. The van der Waals surface area contributed by atoms with Crippen molar-refractivity contribution in [3.8, 4) is 5.75 Å². The summed E-state index contributed by atoms with van der Waals surface area (Å²) in [5.74, 6) is -0.336. The normalized spacial score (nSPS) is 10.6. The Morgan fingerprint density at radius 2 is 2.11 bits per heavy atom. The summed E-state index contributed by atoms with van der Waals surface area (Å²) in [6.45, 7) is 5.61. The molecule has 0 amide bonds. The molecule has 0 fully saturated rings. The molecule has 4 heteroatoms. The Hall–Kier alpha value is -1.55. The van der Waals surface area contributed by atoms with Crippen LogP contribution in [0.25, 0.3) is 0 Å². The van der Waals surface area contributed by atoms with Crippen molar-refractivity contribution in [2.75, 3.05) is 13.2 Å². The van der Waals surface area contributed by atoms with Gasteiger partial charge in [-0.1, -0.05) is 19.9 Å². The van der Waals surface area contributed by atoms with Gasteiger partial charge in [-0.15, -0.1) is 0 Å². The number of ether oxygens (including phenoxy) is 1. The Labute approximate surface area is 108 Å². The van der Waals surface area contributed by atoms with E-state index < -0.39 is 5.97 Å². The molecule has 1 rings (SSSR count). The van der Waals surface area contributed by atoms with Crippen molar-refractivity contribution in [2.45, 2.75) is 32.7 Å². The van der Waals surface area contributed by atoms with E-state index >= 15 is 0 Å². The number of rotatable bonds is 8. The number of carboxylic acids is 1. The van der Waals surface area contributed by atoms with Gasteiger partial charge in [-0.3, -0.25) is 0 Å². The molecule has 2 N–H and O–H groups in total. The molecule has 0 heterocycles. The topological polar surface area (TPSA) is 58.6 Å². The number of aromatic carboxylic acids is 1. The molecule has 0 radical (unpaired) electrons. The molecule has 0 saturated carbocycles. The van der Waals surface area contributed by atoms with Crippen LogP contribution >= 0.6 is 0 Å². The largest absolute Gasteiger partial charge is 0.492 e. The fourth-order valence-corrected chi connectivity index (χ4v) is 1.73. The molecule has 100 valence electrons. The monoisotopic (exact) mass is 251 g/mol. The highest BCUT2D eigenvalue weighted by Crippen LogP contribution is 2.12. The molecule has 0 aliphatic carbocycles. The van der Waals surface area contributed by atoms with Crippen LogP contribution in [0.1, 0.15) is 37.0 Å². The SMILES string of the molecule is CCC(CC)NCCOc1cccc(C(=O)O)c1. The summed E-state index contributed by atoms with van der Waals surface area (Å²) in [4.78, 5) is 10.8. The van der Waals surface area contributed by atoms with Gasteiger partial charge >= 0.3 is 5.97 Å². The summed E-state index contributed by atoms with van der Waals surface area (Å²) >= 11 is 0. The lowest BCUT2D eigenvalue weighted by molar-refractivity contribution is 0.0696. The molecule has 0 spiro atoms. The van der Waals surface area contributed by atoms with Gasteiger partial charge in [-0.2, -0.15) is 0 Å². The minimum Gasteiger partial charge on any atom is -0.492 e. The smallest absolute Gasteiger partial charge is 0.335 e. The second-order valence-electron chi connectivity index (χ2n) is 4.15. The second-order valence-corrected chi connectivity index (χ2v) is 4.15. The third kappa shape index (κ3) is 4.75. The fourth-order valence-electron chi connectivity index (χ4n) is 1.73. The van der Waals surface area contributed by atoms with Gasteiger partial charge in [0, 0.05) is 12.6 Å². The first-order valence-electron chi connectivity index (χ1n) is 6.36. The van der Waals surface area contributed by atoms with Gasteiger partial charge < -0.3 is 15.2 Å². The zero-order valence-corrected chi connectivity index (χ0v) is 11.0. The number of nitrogens with one attached hydrogen (secondary N) is 1. The predicted molar refractivity (Wildman–Crippen MR) is 71.3 cm³/mol. The maximum atomic E-state index is 10.8. The van der Waals surface area contributed by atoms with E-state index in [-0.39, 0.29) is 5.56 Å². The average molecular weight is 251 g/mol. The fraction of sp³-hybridized carbons (Fsp3) is 0.500. The van der Waals surface area contributed by atoms with Gasteiger partial charge in [0.25, 0.3) is 0 Å². The Balaban J connectivity index is 2.35. The summed E-state index contributed by atoms with van der Waals surface area (Å²) in [6, 6.07) is 7.08. The van der Waals surface area contributed by atoms with Crippen molar-refractivity contribution in [1.82, 2.24) is 5.32 Å². The first kappa shape index (κ1) is 14.5. The van der Waals surface area contributed by atoms with Crippen LogP contribution in [-0.2, 0) is 0 Å². The molecule has 0 aliphatic rings. The van der Waals surface area contributed by atoms with Crippen molar-refractivity contribution in [3.05, 3.63) is 29.8 Å². The zero-order valence-electron chi connectivity index (χ0n) is 11.0. The second kappa shape index (κ2) is 7.71. The lowest BCUT2D eigenvalue weighted by Gasteiger charge is -2.14. The highest BCUT2D eigenvalue weighted by molar-refractivity contribution is 5.87. The van der Waals surface area contributed by atoms with Crippen molar-refractivity contribution >= 4 is 5.97 Å². The maximum absolute atomic E-state index is 10.8. The van der Waals surface area contributed by atoms with Crippen molar-refractivity contribution in [1.29, 1.82) is 0 Å². The summed E-state index contributed by atoms with van der Waals surface area (Å²) in [7, 11) is 0. The number of carboxylic acid groups (broad SMARTS) is 1. The Morgan fingerprint density at radius 1 is 1.39 bits per heavy atom. The summed E-state index contributed by atoms with van der Waals surface area (Å²) < 4.78 is 5.51. The van der Waals surface area contributed by atoms with E-state index in [0.29, 0.717) is 18.4 Å². The van der Waals surface area contributed by atoms with Gasteiger partial charge in [-0.05, 0) is 31.0 Å². The first-order chi connectivity index (χ1) is 8.67. The van der Waals surface area contributed by atoms with Gasteiger partial charge in [0.2, 0.25) is 0 Å². The third-order valence-electron chi connectivity index (χ3n) is 2.87. The van der Waals surface area contributed by atoms with E-state index in [2.05, 4.69) is 19.2 Å². The molecule has 1 aromatic rings. The van der Waals surface area contributed by atoms with E-state index in [4.69, 9.17) is 9.84 Å². The van der Waals surface area contributed by atoms with Crippen molar-refractivity contribution < 1.29 is 14.6 Å². The Morgan fingerprint density at radius 3 is 2.72 bits per heavy atom. The summed E-state index contributed by atoms with van der Waals surface area (Å²) in [5, 5.41) is 12.2. The van der Waals surface area contributed by atoms with E-state index in [1.807, 2.05) is 0 Å². The minimum atomic E-state index is -0.935. The van der Waals surface area contributed by atoms with Gasteiger partial charge in [0.05, 0.1) is 5.56 Å².